The van der Waals surface area contributed by atoms with Gasteiger partial charge in [0.05, 0.1) is 29.6 Å². The molecule has 3 heterocycles. The number of methoxy groups -OCH3 is 1. The smallest absolute Gasteiger partial charge is 0.254 e. The lowest BCUT2D eigenvalue weighted by Gasteiger charge is -2.04. The molecule has 1 aromatic carbocycles. The van der Waals surface area contributed by atoms with Crippen LogP contribution in [0, 0.1) is 0 Å². The lowest BCUT2D eigenvalue weighted by molar-refractivity contribution is 0.415. The van der Waals surface area contributed by atoms with Gasteiger partial charge < -0.3 is 4.74 Å². The standard InChI is InChI=1S/C16H12N4OS/c1-21-12-6-4-11(5-7-12)14-15(13-3-2-10-22-13)20-9-8-17-19-16(20)18-14/h2-10H,1H3. The Morgan fingerprint density at radius 1 is 1.14 bits per heavy atom. The topological polar surface area (TPSA) is 52.3 Å². The molecule has 0 radical (unpaired) electrons. The SMILES string of the molecule is COc1ccc(-c2nc3nnccn3c2-c2cccs2)cc1. The van der Waals surface area contributed by atoms with Gasteiger partial charge in [-0.25, -0.2) is 4.98 Å². The first-order valence-electron chi connectivity index (χ1n) is 6.75. The molecule has 0 bridgehead atoms. The Balaban J connectivity index is 1.98. The highest BCUT2D eigenvalue weighted by Gasteiger charge is 2.17. The Bertz CT molecular complexity index is 913. The molecule has 4 rings (SSSR count). The van der Waals surface area contributed by atoms with E-state index in [9.17, 15) is 0 Å². The predicted octanol–water partition coefficient (Wildman–Crippen LogP) is 3.53. The van der Waals surface area contributed by atoms with E-state index in [1.54, 1.807) is 24.6 Å². The Hall–Kier alpha value is -2.73. The van der Waals surface area contributed by atoms with Crippen LogP contribution in [-0.2, 0) is 0 Å². The fourth-order valence-electron chi connectivity index (χ4n) is 2.41. The van der Waals surface area contributed by atoms with Crippen molar-refractivity contribution in [3.8, 4) is 27.6 Å². The number of nitrogens with zero attached hydrogens (tertiary/aromatic N) is 4. The van der Waals surface area contributed by atoms with Gasteiger partial charge in [-0.3, -0.25) is 4.40 Å². The summed E-state index contributed by atoms with van der Waals surface area (Å²) < 4.78 is 7.19. The molecule has 0 atom stereocenters. The maximum absolute atomic E-state index is 5.22. The number of thiophene rings is 1. The normalized spacial score (nSPS) is 11.0. The van der Waals surface area contributed by atoms with Crippen molar-refractivity contribution in [3.63, 3.8) is 0 Å². The van der Waals surface area contributed by atoms with Gasteiger partial charge in [0, 0.05) is 11.8 Å². The summed E-state index contributed by atoms with van der Waals surface area (Å²) in [6.07, 6.45) is 3.56. The summed E-state index contributed by atoms with van der Waals surface area (Å²) in [6.45, 7) is 0. The number of hydrogen-bond acceptors (Lipinski definition) is 5. The molecule has 0 fully saturated rings. The average Bonchev–Trinajstić information content (AvgIpc) is 3.21. The van der Waals surface area contributed by atoms with E-state index in [0.29, 0.717) is 5.78 Å². The van der Waals surface area contributed by atoms with E-state index in [-0.39, 0.29) is 0 Å². The lowest BCUT2D eigenvalue weighted by atomic mass is 10.1. The van der Waals surface area contributed by atoms with Gasteiger partial charge in [-0.15, -0.1) is 16.4 Å². The number of imidazole rings is 1. The predicted molar refractivity (Wildman–Crippen MR) is 86.1 cm³/mol. The Labute approximate surface area is 130 Å². The van der Waals surface area contributed by atoms with Crippen LogP contribution in [-0.4, -0.2) is 26.7 Å². The molecule has 0 N–H and O–H groups in total. The molecule has 0 aliphatic rings. The maximum atomic E-state index is 5.22. The fourth-order valence-corrected chi connectivity index (χ4v) is 3.18. The molecular formula is C16H12N4OS. The monoisotopic (exact) mass is 308 g/mol. The second-order valence-electron chi connectivity index (χ2n) is 4.70. The van der Waals surface area contributed by atoms with Crippen LogP contribution >= 0.6 is 11.3 Å². The lowest BCUT2D eigenvalue weighted by Crippen LogP contribution is -1.91. The van der Waals surface area contributed by atoms with E-state index < -0.39 is 0 Å². The molecule has 0 saturated heterocycles. The first-order chi connectivity index (χ1) is 10.9. The van der Waals surface area contributed by atoms with E-state index >= 15 is 0 Å². The van der Waals surface area contributed by atoms with E-state index in [1.165, 1.54) is 0 Å². The van der Waals surface area contributed by atoms with Crippen LogP contribution in [0.3, 0.4) is 0 Å². The van der Waals surface area contributed by atoms with E-state index in [0.717, 1.165) is 27.6 Å². The Morgan fingerprint density at radius 3 is 2.73 bits per heavy atom. The third-order valence-corrected chi connectivity index (χ3v) is 4.32. The molecule has 108 valence electrons. The van der Waals surface area contributed by atoms with Crippen LogP contribution < -0.4 is 4.74 Å². The molecule has 0 aliphatic heterocycles. The van der Waals surface area contributed by atoms with Gasteiger partial charge in [0.15, 0.2) is 0 Å². The number of rotatable bonds is 3. The minimum Gasteiger partial charge on any atom is -0.497 e. The van der Waals surface area contributed by atoms with Gasteiger partial charge in [0.2, 0.25) is 0 Å². The molecule has 22 heavy (non-hydrogen) atoms. The maximum Gasteiger partial charge on any atom is 0.254 e. The largest absolute Gasteiger partial charge is 0.497 e. The summed E-state index contributed by atoms with van der Waals surface area (Å²) in [4.78, 5) is 5.79. The van der Waals surface area contributed by atoms with Crippen LogP contribution in [0.4, 0.5) is 0 Å². The fraction of sp³-hybridized carbons (Fsp3) is 0.0625. The first kappa shape index (κ1) is 13.0. The zero-order chi connectivity index (χ0) is 14.9. The molecule has 0 spiro atoms. The van der Waals surface area contributed by atoms with Crippen LogP contribution in [0.25, 0.3) is 27.6 Å². The molecule has 0 aliphatic carbocycles. The molecule has 5 nitrogen and oxygen atoms in total. The highest BCUT2D eigenvalue weighted by atomic mass is 32.1. The van der Waals surface area contributed by atoms with Crippen molar-refractivity contribution in [2.45, 2.75) is 0 Å². The zero-order valence-electron chi connectivity index (χ0n) is 11.8. The van der Waals surface area contributed by atoms with Crippen molar-refractivity contribution < 1.29 is 4.74 Å². The summed E-state index contributed by atoms with van der Waals surface area (Å²) in [5, 5.41) is 10.1. The average molecular weight is 308 g/mol. The summed E-state index contributed by atoms with van der Waals surface area (Å²) in [6, 6.07) is 12.0. The van der Waals surface area contributed by atoms with Crippen LogP contribution in [0.5, 0.6) is 5.75 Å². The van der Waals surface area contributed by atoms with E-state index in [1.807, 2.05) is 40.9 Å². The van der Waals surface area contributed by atoms with Gasteiger partial charge in [-0.2, -0.15) is 5.10 Å². The number of aromatic nitrogens is 4. The van der Waals surface area contributed by atoms with E-state index in [2.05, 4.69) is 26.6 Å². The molecule has 6 heteroatoms. The van der Waals surface area contributed by atoms with Crippen molar-refractivity contribution in [1.29, 1.82) is 0 Å². The third-order valence-electron chi connectivity index (χ3n) is 3.44. The third kappa shape index (κ3) is 2.05. The van der Waals surface area contributed by atoms with Gasteiger partial charge in [-0.05, 0) is 35.7 Å². The molecule has 0 unspecified atom stereocenters. The number of ether oxygens (including phenoxy) is 1. The molecular weight excluding hydrogens is 296 g/mol. The van der Waals surface area contributed by atoms with Gasteiger partial charge >= 0.3 is 0 Å². The highest BCUT2D eigenvalue weighted by molar-refractivity contribution is 7.13. The van der Waals surface area contributed by atoms with Gasteiger partial charge in [0.25, 0.3) is 5.78 Å². The Kier molecular flexibility index (Phi) is 3.08. The first-order valence-corrected chi connectivity index (χ1v) is 7.63. The van der Waals surface area contributed by atoms with Crippen LogP contribution in [0.15, 0.2) is 54.2 Å². The van der Waals surface area contributed by atoms with Crippen molar-refractivity contribution >= 4 is 17.1 Å². The van der Waals surface area contributed by atoms with Crippen molar-refractivity contribution in [2.75, 3.05) is 7.11 Å². The van der Waals surface area contributed by atoms with Crippen molar-refractivity contribution in [2.24, 2.45) is 0 Å². The van der Waals surface area contributed by atoms with Crippen LogP contribution in [0.2, 0.25) is 0 Å². The summed E-state index contributed by atoms with van der Waals surface area (Å²) in [5.41, 5.74) is 2.95. The number of hydrogen-bond donors (Lipinski definition) is 0. The van der Waals surface area contributed by atoms with Crippen molar-refractivity contribution in [3.05, 3.63) is 54.2 Å². The quantitative estimate of drug-likeness (QED) is 0.581. The van der Waals surface area contributed by atoms with Crippen molar-refractivity contribution in [1.82, 2.24) is 19.6 Å². The molecule has 4 aromatic rings. The molecule has 0 saturated carbocycles. The number of fused-ring (bicyclic) bond motifs is 1. The minimum atomic E-state index is 0.594. The summed E-state index contributed by atoms with van der Waals surface area (Å²) >= 11 is 1.68. The number of benzene rings is 1. The van der Waals surface area contributed by atoms with Crippen LogP contribution in [0.1, 0.15) is 0 Å². The summed E-state index contributed by atoms with van der Waals surface area (Å²) in [5.74, 6) is 1.42. The second-order valence-corrected chi connectivity index (χ2v) is 5.65. The van der Waals surface area contributed by atoms with E-state index in [4.69, 9.17) is 4.74 Å². The minimum absolute atomic E-state index is 0.594. The Morgan fingerprint density at radius 2 is 2.00 bits per heavy atom. The zero-order valence-corrected chi connectivity index (χ0v) is 12.6. The van der Waals surface area contributed by atoms with Gasteiger partial charge in [0.1, 0.15) is 5.75 Å². The molecule has 3 aromatic heterocycles. The highest BCUT2D eigenvalue weighted by Crippen LogP contribution is 2.35. The van der Waals surface area contributed by atoms with Gasteiger partial charge in [-0.1, -0.05) is 6.07 Å². The summed E-state index contributed by atoms with van der Waals surface area (Å²) in [7, 11) is 1.66. The molecule has 0 amide bonds. The second kappa shape index (κ2) is 5.23.